The van der Waals surface area contributed by atoms with Crippen molar-refractivity contribution in [2.24, 2.45) is 5.10 Å². The van der Waals surface area contributed by atoms with Gasteiger partial charge in [-0.15, -0.1) is 0 Å². The molecule has 0 saturated heterocycles. The van der Waals surface area contributed by atoms with Crippen molar-refractivity contribution < 1.29 is 13.9 Å². The highest BCUT2D eigenvalue weighted by molar-refractivity contribution is 6.03. The number of aromatic nitrogens is 2. The second-order valence-electron chi connectivity index (χ2n) is 6.93. The zero-order chi connectivity index (χ0) is 20.5. The molecule has 0 spiro atoms. The number of benzene rings is 2. The topological polar surface area (TPSA) is 80.8 Å². The molecular weight excluding hydrogens is 380 g/mol. The number of fused-ring (bicyclic) bond motifs is 1. The van der Waals surface area contributed by atoms with Crippen LogP contribution in [0.4, 0.5) is 0 Å². The minimum absolute atomic E-state index is 0.191. The van der Waals surface area contributed by atoms with E-state index in [1.807, 2.05) is 30.3 Å². The summed E-state index contributed by atoms with van der Waals surface area (Å²) in [5, 5.41) is 6.15. The van der Waals surface area contributed by atoms with Gasteiger partial charge in [-0.05, 0) is 54.1 Å². The molecule has 0 fully saturated rings. The van der Waals surface area contributed by atoms with Gasteiger partial charge in [0.25, 0.3) is 5.91 Å². The molecule has 0 saturated carbocycles. The monoisotopic (exact) mass is 398 g/mol. The summed E-state index contributed by atoms with van der Waals surface area (Å²) in [7, 11) is 1.59. The lowest BCUT2D eigenvalue weighted by atomic mass is 9.99. The van der Waals surface area contributed by atoms with Gasteiger partial charge in [-0.25, -0.2) is 5.01 Å². The van der Waals surface area contributed by atoms with Crippen molar-refractivity contribution >= 4 is 22.7 Å². The molecule has 0 aliphatic carbocycles. The molecule has 30 heavy (non-hydrogen) atoms. The van der Waals surface area contributed by atoms with Crippen molar-refractivity contribution in [3.8, 4) is 5.75 Å². The van der Waals surface area contributed by atoms with Crippen LogP contribution in [0.1, 0.15) is 34.1 Å². The number of furan rings is 1. The number of carbonyl (C=O) groups excluding carboxylic acids is 1. The number of hydrazone groups is 1. The lowest BCUT2D eigenvalue weighted by Crippen LogP contribution is -2.27. The second kappa shape index (κ2) is 7.44. The molecule has 7 nitrogen and oxygen atoms in total. The van der Waals surface area contributed by atoms with Gasteiger partial charge in [-0.1, -0.05) is 6.07 Å². The predicted octanol–water partition coefficient (Wildman–Crippen LogP) is 4.22. The molecule has 1 unspecified atom stereocenters. The highest BCUT2D eigenvalue weighted by atomic mass is 16.5. The Morgan fingerprint density at radius 3 is 2.60 bits per heavy atom. The first-order valence-electron chi connectivity index (χ1n) is 9.52. The van der Waals surface area contributed by atoms with Crippen LogP contribution >= 0.6 is 0 Å². The highest BCUT2D eigenvalue weighted by Gasteiger charge is 2.34. The number of methoxy groups -OCH3 is 1. The fourth-order valence-corrected chi connectivity index (χ4v) is 3.60. The lowest BCUT2D eigenvalue weighted by molar-refractivity contribution is 0.0711. The molecule has 148 valence electrons. The highest BCUT2D eigenvalue weighted by Crippen LogP contribution is 2.35. The Kier molecular flexibility index (Phi) is 4.48. The first-order valence-corrected chi connectivity index (χ1v) is 9.52. The van der Waals surface area contributed by atoms with E-state index in [9.17, 15) is 4.79 Å². The number of amides is 1. The van der Waals surface area contributed by atoms with Crippen molar-refractivity contribution in [2.75, 3.05) is 7.11 Å². The van der Waals surface area contributed by atoms with Crippen molar-refractivity contribution in [3.63, 3.8) is 0 Å². The SMILES string of the molecule is COc1ccc(C(=O)N2N=C(c3ccco3)CC2c2ccc3nccnc3c2)cc1. The van der Waals surface area contributed by atoms with Crippen LogP contribution in [-0.4, -0.2) is 33.7 Å². The Labute approximate surface area is 172 Å². The van der Waals surface area contributed by atoms with Crippen LogP contribution in [0.3, 0.4) is 0 Å². The van der Waals surface area contributed by atoms with E-state index in [-0.39, 0.29) is 11.9 Å². The molecule has 1 aliphatic heterocycles. The van der Waals surface area contributed by atoms with E-state index in [0.717, 1.165) is 22.3 Å². The van der Waals surface area contributed by atoms with Gasteiger partial charge in [0.15, 0.2) is 0 Å². The summed E-state index contributed by atoms with van der Waals surface area (Å²) in [5.74, 6) is 1.16. The molecule has 5 rings (SSSR count). The van der Waals surface area contributed by atoms with Crippen molar-refractivity contribution in [3.05, 3.63) is 90.1 Å². The van der Waals surface area contributed by atoms with Gasteiger partial charge in [-0.3, -0.25) is 14.8 Å². The molecule has 0 radical (unpaired) electrons. The van der Waals surface area contributed by atoms with Gasteiger partial charge < -0.3 is 9.15 Å². The van der Waals surface area contributed by atoms with E-state index < -0.39 is 0 Å². The van der Waals surface area contributed by atoms with Gasteiger partial charge >= 0.3 is 0 Å². The van der Waals surface area contributed by atoms with Crippen LogP contribution in [0.15, 0.2) is 82.8 Å². The Balaban J connectivity index is 1.54. The minimum Gasteiger partial charge on any atom is -0.497 e. The quantitative estimate of drug-likeness (QED) is 0.514. The van der Waals surface area contributed by atoms with E-state index in [0.29, 0.717) is 23.5 Å². The fourth-order valence-electron chi connectivity index (χ4n) is 3.60. The number of hydrogen-bond acceptors (Lipinski definition) is 6. The number of carbonyl (C=O) groups is 1. The Bertz CT molecular complexity index is 1230. The first-order chi connectivity index (χ1) is 14.7. The predicted molar refractivity (Wildman–Crippen MR) is 111 cm³/mol. The molecular formula is C23H18N4O3. The Morgan fingerprint density at radius 2 is 1.87 bits per heavy atom. The fraction of sp³-hybridized carbons (Fsp3) is 0.130. The second-order valence-corrected chi connectivity index (χ2v) is 6.93. The van der Waals surface area contributed by atoms with E-state index >= 15 is 0 Å². The molecule has 1 amide bonds. The Hall–Kier alpha value is -4.00. The molecule has 2 aromatic heterocycles. The van der Waals surface area contributed by atoms with Gasteiger partial charge in [0, 0.05) is 24.4 Å². The van der Waals surface area contributed by atoms with Crippen LogP contribution in [0, 0.1) is 0 Å². The third-order valence-corrected chi connectivity index (χ3v) is 5.14. The zero-order valence-corrected chi connectivity index (χ0v) is 16.2. The average Bonchev–Trinajstić information content (AvgIpc) is 3.48. The summed E-state index contributed by atoms with van der Waals surface area (Å²) < 4.78 is 10.7. The van der Waals surface area contributed by atoms with Crippen LogP contribution < -0.4 is 4.74 Å². The summed E-state index contributed by atoms with van der Waals surface area (Å²) in [6.45, 7) is 0. The molecule has 0 bridgehead atoms. The molecule has 2 aromatic carbocycles. The third kappa shape index (κ3) is 3.20. The summed E-state index contributed by atoms with van der Waals surface area (Å²) in [4.78, 5) is 22.0. The van der Waals surface area contributed by atoms with E-state index in [1.165, 1.54) is 5.01 Å². The summed E-state index contributed by atoms with van der Waals surface area (Å²) in [6, 6.07) is 16.2. The average molecular weight is 398 g/mol. The minimum atomic E-state index is -0.272. The number of rotatable bonds is 4. The number of hydrogen-bond donors (Lipinski definition) is 0. The zero-order valence-electron chi connectivity index (χ0n) is 16.2. The van der Waals surface area contributed by atoms with Gasteiger partial charge in [-0.2, -0.15) is 5.10 Å². The van der Waals surface area contributed by atoms with Crippen molar-refractivity contribution in [1.29, 1.82) is 0 Å². The van der Waals surface area contributed by atoms with Crippen LogP contribution in [0.25, 0.3) is 11.0 Å². The lowest BCUT2D eigenvalue weighted by Gasteiger charge is -2.22. The molecule has 1 aliphatic rings. The number of nitrogens with zero attached hydrogens (tertiary/aromatic N) is 4. The maximum absolute atomic E-state index is 13.3. The maximum Gasteiger partial charge on any atom is 0.274 e. The third-order valence-electron chi connectivity index (χ3n) is 5.14. The molecule has 3 heterocycles. The van der Waals surface area contributed by atoms with E-state index in [4.69, 9.17) is 9.15 Å². The molecule has 7 heteroatoms. The first kappa shape index (κ1) is 18.1. The van der Waals surface area contributed by atoms with Crippen LogP contribution in [0.2, 0.25) is 0 Å². The largest absolute Gasteiger partial charge is 0.497 e. The molecule has 4 aromatic rings. The van der Waals surface area contributed by atoms with Crippen molar-refractivity contribution in [2.45, 2.75) is 12.5 Å². The van der Waals surface area contributed by atoms with Crippen LogP contribution in [0.5, 0.6) is 5.75 Å². The van der Waals surface area contributed by atoms with Crippen molar-refractivity contribution in [1.82, 2.24) is 15.0 Å². The smallest absolute Gasteiger partial charge is 0.274 e. The summed E-state index contributed by atoms with van der Waals surface area (Å²) >= 11 is 0. The normalized spacial score (nSPS) is 16.0. The summed E-state index contributed by atoms with van der Waals surface area (Å²) in [5.41, 5.74) is 3.78. The van der Waals surface area contributed by atoms with Crippen LogP contribution in [-0.2, 0) is 0 Å². The van der Waals surface area contributed by atoms with Gasteiger partial charge in [0.2, 0.25) is 0 Å². The van der Waals surface area contributed by atoms with Gasteiger partial charge in [0.1, 0.15) is 17.2 Å². The molecule has 0 N–H and O–H groups in total. The maximum atomic E-state index is 13.3. The summed E-state index contributed by atoms with van der Waals surface area (Å²) in [6.07, 6.45) is 5.47. The number of ether oxygens (including phenoxy) is 1. The van der Waals surface area contributed by atoms with E-state index in [2.05, 4.69) is 15.1 Å². The standard InChI is InChI=1S/C23H18N4O3/c1-29-17-7-4-15(5-8-17)23(28)27-21(14-20(26-27)22-3-2-12-30-22)16-6-9-18-19(13-16)25-11-10-24-18/h2-13,21H,14H2,1H3. The van der Waals surface area contributed by atoms with Gasteiger partial charge in [0.05, 0.1) is 30.4 Å². The molecule has 1 atom stereocenters. The Morgan fingerprint density at radius 1 is 1.07 bits per heavy atom. The van der Waals surface area contributed by atoms with E-state index in [1.54, 1.807) is 50.0 Å².